The molecule has 0 aromatic heterocycles. The largest absolute Gasteiger partial charge is 0.484 e. The van der Waals surface area contributed by atoms with E-state index in [0.717, 1.165) is 11.1 Å². The summed E-state index contributed by atoms with van der Waals surface area (Å²) in [6.07, 6.45) is 1.59. The first kappa shape index (κ1) is 18.2. The zero-order valence-electron chi connectivity index (χ0n) is 14.8. The predicted molar refractivity (Wildman–Crippen MR) is 99.4 cm³/mol. The monoisotopic (exact) mass is 365 g/mol. The van der Waals surface area contributed by atoms with Gasteiger partial charge in [0.1, 0.15) is 11.4 Å². The first-order valence-corrected chi connectivity index (χ1v) is 8.33. The maximum atomic E-state index is 12.5. The molecule has 1 aliphatic heterocycles. The highest BCUT2D eigenvalue weighted by atomic mass is 16.5. The number of nitrogens with two attached hydrogens (primary N) is 1. The SMILES string of the molecule is Cc1ccc(CN2C(=O)N/C(=C\c3ccc(OCC(N)=O)cc3)C2=O)cc1. The number of hydrogen-bond donors (Lipinski definition) is 2. The van der Waals surface area contributed by atoms with Crippen molar-refractivity contribution < 1.29 is 19.1 Å². The molecule has 1 aliphatic rings. The van der Waals surface area contributed by atoms with Crippen LogP contribution in [-0.2, 0) is 16.1 Å². The van der Waals surface area contributed by atoms with E-state index in [-0.39, 0.29) is 24.8 Å². The van der Waals surface area contributed by atoms with Crippen LogP contribution in [0.4, 0.5) is 4.79 Å². The molecule has 1 heterocycles. The molecule has 2 aromatic rings. The summed E-state index contributed by atoms with van der Waals surface area (Å²) in [5, 5.41) is 2.59. The quantitative estimate of drug-likeness (QED) is 0.603. The molecule has 0 saturated carbocycles. The summed E-state index contributed by atoms with van der Waals surface area (Å²) < 4.78 is 5.18. The minimum Gasteiger partial charge on any atom is -0.484 e. The second-order valence-corrected chi connectivity index (χ2v) is 6.19. The Morgan fingerprint density at radius 2 is 1.78 bits per heavy atom. The van der Waals surface area contributed by atoms with Crippen molar-refractivity contribution in [3.05, 3.63) is 70.9 Å². The van der Waals surface area contributed by atoms with Crippen LogP contribution in [0.25, 0.3) is 6.08 Å². The first-order chi connectivity index (χ1) is 12.9. The molecule has 27 heavy (non-hydrogen) atoms. The fourth-order valence-corrected chi connectivity index (χ4v) is 2.57. The van der Waals surface area contributed by atoms with E-state index in [1.54, 1.807) is 30.3 Å². The lowest BCUT2D eigenvalue weighted by Gasteiger charge is -2.11. The third-order valence-electron chi connectivity index (χ3n) is 4.00. The van der Waals surface area contributed by atoms with E-state index in [4.69, 9.17) is 10.5 Å². The maximum Gasteiger partial charge on any atom is 0.329 e. The van der Waals surface area contributed by atoms with Gasteiger partial charge in [-0.1, -0.05) is 42.0 Å². The highest BCUT2D eigenvalue weighted by molar-refractivity contribution is 6.13. The highest BCUT2D eigenvalue weighted by Crippen LogP contribution is 2.19. The Morgan fingerprint density at radius 1 is 1.11 bits per heavy atom. The molecule has 0 radical (unpaired) electrons. The van der Waals surface area contributed by atoms with Gasteiger partial charge < -0.3 is 15.8 Å². The number of hydrogen-bond acceptors (Lipinski definition) is 4. The standard InChI is InChI=1S/C20H19N3O4/c1-13-2-4-15(5-3-13)11-23-19(25)17(22-20(23)26)10-14-6-8-16(9-7-14)27-12-18(21)24/h2-10H,11-12H2,1H3,(H2,21,24)(H,22,26)/b17-10-. The number of amides is 4. The third-order valence-corrected chi connectivity index (χ3v) is 4.00. The van der Waals surface area contributed by atoms with E-state index in [0.29, 0.717) is 11.3 Å². The lowest BCUT2D eigenvalue weighted by atomic mass is 10.1. The minimum absolute atomic E-state index is 0.205. The smallest absolute Gasteiger partial charge is 0.329 e. The van der Waals surface area contributed by atoms with Crippen molar-refractivity contribution in [2.45, 2.75) is 13.5 Å². The van der Waals surface area contributed by atoms with Crippen LogP contribution in [0.15, 0.2) is 54.2 Å². The predicted octanol–water partition coefficient (Wildman–Crippen LogP) is 1.95. The number of primary amides is 1. The second-order valence-electron chi connectivity index (χ2n) is 6.19. The number of urea groups is 1. The van der Waals surface area contributed by atoms with Gasteiger partial charge in [-0.15, -0.1) is 0 Å². The zero-order chi connectivity index (χ0) is 19.4. The van der Waals surface area contributed by atoms with Gasteiger partial charge in [-0.3, -0.25) is 14.5 Å². The summed E-state index contributed by atoms with van der Waals surface area (Å²) in [5.41, 5.74) is 7.93. The second kappa shape index (κ2) is 7.74. The molecule has 1 fully saturated rings. The molecule has 0 aliphatic carbocycles. The summed E-state index contributed by atoms with van der Waals surface area (Å²) in [4.78, 5) is 36.6. The molecule has 138 valence electrons. The molecule has 3 N–H and O–H groups in total. The van der Waals surface area contributed by atoms with Gasteiger partial charge in [0.05, 0.1) is 6.54 Å². The molecule has 0 unspecified atom stereocenters. The molecular formula is C20H19N3O4. The van der Waals surface area contributed by atoms with E-state index >= 15 is 0 Å². The van der Waals surface area contributed by atoms with Crippen LogP contribution in [0.5, 0.6) is 5.75 Å². The fraction of sp³-hybridized carbons (Fsp3) is 0.150. The average molecular weight is 365 g/mol. The number of carbonyl (C=O) groups is 3. The van der Waals surface area contributed by atoms with Crippen molar-refractivity contribution in [1.29, 1.82) is 0 Å². The van der Waals surface area contributed by atoms with Gasteiger partial charge in [0.15, 0.2) is 6.61 Å². The number of ether oxygens (including phenoxy) is 1. The lowest BCUT2D eigenvalue weighted by molar-refractivity contribution is -0.123. The van der Waals surface area contributed by atoms with E-state index in [9.17, 15) is 14.4 Å². The molecule has 0 atom stereocenters. The summed E-state index contributed by atoms with van der Waals surface area (Å²) in [6.45, 7) is 1.98. The molecule has 0 bridgehead atoms. The van der Waals surface area contributed by atoms with E-state index < -0.39 is 11.9 Å². The van der Waals surface area contributed by atoms with Crippen molar-refractivity contribution >= 4 is 23.9 Å². The van der Waals surface area contributed by atoms with Crippen molar-refractivity contribution in [1.82, 2.24) is 10.2 Å². The van der Waals surface area contributed by atoms with Crippen LogP contribution in [0.2, 0.25) is 0 Å². The fourth-order valence-electron chi connectivity index (χ4n) is 2.57. The van der Waals surface area contributed by atoms with Gasteiger partial charge >= 0.3 is 6.03 Å². The van der Waals surface area contributed by atoms with Crippen LogP contribution in [0, 0.1) is 6.92 Å². The zero-order valence-corrected chi connectivity index (χ0v) is 14.8. The highest BCUT2D eigenvalue weighted by Gasteiger charge is 2.33. The summed E-state index contributed by atoms with van der Waals surface area (Å²) >= 11 is 0. The van der Waals surface area contributed by atoms with E-state index in [1.165, 1.54) is 4.90 Å². The molecule has 7 heteroatoms. The van der Waals surface area contributed by atoms with Gasteiger partial charge in [0.25, 0.3) is 11.8 Å². The Kier molecular flexibility index (Phi) is 5.21. The summed E-state index contributed by atoms with van der Waals surface area (Å²) in [6, 6.07) is 13.9. The van der Waals surface area contributed by atoms with Crippen LogP contribution < -0.4 is 15.8 Å². The minimum atomic E-state index is -0.561. The number of rotatable bonds is 6. The molecule has 2 aromatic carbocycles. The van der Waals surface area contributed by atoms with Gasteiger partial charge in [-0.05, 0) is 36.3 Å². The Labute approximate surface area is 156 Å². The number of aryl methyl sites for hydroxylation is 1. The summed E-state index contributed by atoms with van der Waals surface area (Å²) in [7, 11) is 0. The summed E-state index contributed by atoms with van der Waals surface area (Å²) in [5.74, 6) is -0.456. The van der Waals surface area contributed by atoms with Crippen molar-refractivity contribution in [3.8, 4) is 5.75 Å². The number of nitrogens with zero attached hydrogens (tertiary/aromatic N) is 1. The van der Waals surface area contributed by atoms with Gasteiger partial charge in [0, 0.05) is 0 Å². The molecule has 4 amide bonds. The van der Waals surface area contributed by atoms with Crippen LogP contribution >= 0.6 is 0 Å². The van der Waals surface area contributed by atoms with Gasteiger partial charge in [0.2, 0.25) is 0 Å². The molecule has 0 spiro atoms. The Balaban J connectivity index is 1.70. The van der Waals surface area contributed by atoms with Gasteiger partial charge in [-0.2, -0.15) is 0 Å². The molecular weight excluding hydrogens is 346 g/mol. The van der Waals surface area contributed by atoms with E-state index in [2.05, 4.69) is 5.32 Å². The van der Waals surface area contributed by atoms with Crippen LogP contribution in [-0.4, -0.2) is 29.4 Å². The van der Waals surface area contributed by atoms with Crippen molar-refractivity contribution in [2.24, 2.45) is 5.73 Å². The van der Waals surface area contributed by atoms with Gasteiger partial charge in [-0.25, -0.2) is 4.79 Å². The Bertz CT molecular complexity index is 902. The molecule has 7 nitrogen and oxygen atoms in total. The molecule has 1 saturated heterocycles. The van der Waals surface area contributed by atoms with E-state index in [1.807, 2.05) is 31.2 Å². The van der Waals surface area contributed by atoms with Crippen LogP contribution in [0.1, 0.15) is 16.7 Å². The van der Waals surface area contributed by atoms with Crippen LogP contribution in [0.3, 0.4) is 0 Å². The number of imide groups is 1. The third kappa shape index (κ3) is 4.52. The Hall–Kier alpha value is -3.61. The first-order valence-electron chi connectivity index (χ1n) is 8.33. The Morgan fingerprint density at radius 3 is 2.41 bits per heavy atom. The average Bonchev–Trinajstić information content (AvgIpc) is 2.90. The lowest BCUT2D eigenvalue weighted by Crippen LogP contribution is -2.30. The number of benzene rings is 2. The molecule has 3 rings (SSSR count). The maximum absolute atomic E-state index is 12.5. The topological polar surface area (TPSA) is 102 Å². The normalized spacial score (nSPS) is 15.1. The number of nitrogens with one attached hydrogen (secondary N) is 1. The van der Waals surface area contributed by atoms with Crippen molar-refractivity contribution in [3.63, 3.8) is 0 Å². The number of carbonyl (C=O) groups excluding carboxylic acids is 3. The van der Waals surface area contributed by atoms with Crippen molar-refractivity contribution in [2.75, 3.05) is 6.61 Å².